The third kappa shape index (κ3) is 5.67. The van der Waals surface area contributed by atoms with Gasteiger partial charge in [0, 0.05) is 19.8 Å². The molecule has 116 valence electrons. The summed E-state index contributed by atoms with van der Waals surface area (Å²) in [5.74, 6) is 0.0290. The van der Waals surface area contributed by atoms with Crippen LogP contribution in [-0.2, 0) is 20.8 Å². The van der Waals surface area contributed by atoms with Gasteiger partial charge in [-0.2, -0.15) is 0 Å². The molecule has 1 aromatic rings. The minimum Gasteiger partial charge on any atom is -0.480 e. The van der Waals surface area contributed by atoms with Crippen LogP contribution >= 0.6 is 0 Å². The van der Waals surface area contributed by atoms with E-state index in [-0.39, 0.29) is 18.7 Å². The molecule has 0 aliphatic heterocycles. The SMILES string of the molecule is C#CC[C@@H](NC(=O)[C@@H](Cc1ccccc1)NC(C)=O)C(=O)O. The number of amides is 2. The largest absolute Gasteiger partial charge is 0.480 e. The number of carboxylic acid groups (broad SMARTS) is 1. The fourth-order valence-electron chi connectivity index (χ4n) is 1.89. The Kier molecular flexibility index (Phi) is 6.64. The highest BCUT2D eigenvalue weighted by Gasteiger charge is 2.25. The molecule has 0 aliphatic rings. The van der Waals surface area contributed by atoms with E-state index in [2.05, 4.69) is 16.6 Å². The van der Waals surface area contributed by atoms with Gasteiger partial charge < -0.3 is 15.7 Å². The molecule has 6 nitrogen and oxygen atoms in total. The smallest absolute Gasteiger partial charge is 0.327 e. The van der Waals surface area contributed by atoms with Gasteiger partial charge in [-0.3, -0.25) is 9.59 Å². The first-order valence-corrected chi connectivity index (χ1v) is 6.71. The lowest BCUT2D eigenvalue weighted by Gasteiger charge is -2.20. The lowest BCUT2D eigenvalue weighted by molar-refractivity contribution is -0.142. The molecule has 1 aromatic carbocycles. The van der Waals surface area contributed by atoms with Crippen LogP contribution < -0.4 is 10.6 Å². The third-order valence-corrected chi connectivity index (χ3v) is 2.91. The molecule has 0 radical (unpaired) electrons. The van der Waals surface area contributed by atoms with Gasteiger partial charge in [-0.1, -0.05) is 30.3 Å². The molecule has 0 bridgehead atoms. The van der Waals surface area contributed by atoms with Gasteiger partial charge in [0.05, 0.1) is 0 Å². The minimum atomic E-state index is -1.22. The Morgan fingerprint density at radius 1 is 1.18 bits per heavy atom. The van der Waals surface area contributed by atoms with Crippen molar-refractivity contribution in [3.8, 4) is 12.3 Å². The Hall–Kier alpha value is -2.81. The van der Waals surface area contributed by atoms with Crippen LogP contribution in [0.4, 0.5) is 0 Å². The summed E-state index contributed by atoms with van der Waals surface area (Å²) < 4.78 is 0. The van der Waals surface area contributed by atoms with Crippen molar-refractivity contribution in [2.75, 3.05) is 0 Å². The van der Waals surface area contributed by atoms with Gasteiger partial charge in [-0.05, 0) is 5.56 Å². The van der Waals surface area contributed by atoms with E-state index in [1.54, 1.807) is 0 Å². The number of carbonyl (C=O) groups is 3. The first-order chi connectivity index (χ1) is 10.4. The predicted octanol–water partition coefficient (Wildman–Crippen LogP) is 0.326. The summed E-state index contributed by atoms with van der Waals surface area (Å²) in [5, 5.41) is 13.9. The highest BCUT2D eigenvalue weighted by atomic mass is 16.4. The maximum absolute atomic E-state index is 12.2. The van der Waals surface area contributed by atoms with Gasteiger partial charge in [0.25, 0.3) is 0 Å². The van der Waals surface area contributed by atoms with E-state index in [1.807, 2.05) is 30.3 Å². The normalized spacial score (nSPS) is 12.5. The predicted molar refractivity (Wildman–Crippen MR) is 80.8 cm³/mol. The van der Waals surface area contributed by atoms with E-state index < -0.39 is 24.0 Å². The zero-order valence-corrected chi connectivity index (χ0v) is 12.2. The number of benzene rings is 1. The van der Waals surface area contributed by atoms with Gasteiger partial charge in [-0.25, -0.2) is 4.79 Å². The van der Waals surface area contributed by atoms with Crippen molar-refractivity contribution in [1.82, 2.24) is 10.6 Å². The summed E-state index contributed by atoms with van der Waals surface area (Å²) in [7, 11) is 0. The fraction of sp³-hybridized carbons (Fsp3) is 0.312. The summed E-state index contributed by atoms with van der Waals surface area (Å²) in [6, 6.07) is 7.07. The molecule has 0 saturated heterocycles. The quantitative estimate of drug-likeness (QED) is 0.632. The van der Waals surface area contributed by atoms with E-state index >= 15 is 0 Å². The topological polar surface area (TPSA) is 95.5 Å². The van der Waals surface area contributed by atoms with Crippen molar-refractivity contribution >= 4 is 17.8 Å². The van der Waals surface area contributed by atoms with E-state index in [0.29, 0.717) is 0 Å². The molecule has 3 N–H and O–H groups in total. The molecule has 0 saturated carbocycles. The lowest BCUT2D eigenvalue weighted by atomic mass is 10.0. The molecule has 22 heavy (non-hydrogen) atoms. The monoisotopic (exact) mass is 302 g/mol. The Morgan fingerprint density at radius 2 is 1.82 bits per heavy atom. The molecule has 1 rings (SSSR count). The number of terminal acetylenes is 1. The summed E-state index contributed by atoms with van der Waals surface area (Å²) >= 11 is 0. The minimum absolute atomic E-state index is 0.126. The van der Waals surface area contributed by atoms with Gasteiger partial charge in [0.1, 0.15) is 12.1 Å². The molecule has 2 amide bonds. The zero-order chi connectivity index (χ0) is 16.5. The summed E-state index contributed by atoms with van der Waals surface area (Å²) in [5.41, 5.74) is 0.847. The summed E-state index contributed by atoms with van der Waals surface area (Å²) in [6.07, 6.45) is 5.22. The highest BCUT2D eigenvalue weighted by molar-refractivity contribution is 5.90. The highest BCUT2D eigenvalue weighted by Crippen LogP contribution is 2.04. The number of rotatable bonds is 7. The second-order valence-corrected chi connectivity index (χ2v) is 4.75. The number of aliphatic carboxylic acids is 1. The van der Waals surface area contributed by atoms with Crippen LogP contribution in [0, 0.1) is 12.3 Å². The Bertz CT molecular complexity index is 578. The molecule has 0 aromatic heterocycles. The van der Waals surface area contributed by atoms with Crippen LogP contribution in [0.5, 0.6) is 0 Å². The van der Waals surface area contributed by atoms with Crippen LogP contribution in [0.3, 0.4) is 0 Å². The third-order valence-electron chi connectivity index (χ3n) is 2.91. The molecular weight excluding hydrogens is 284 g/mol. The standard InChI is InChI=1S/C16H18N2O4/c1-3-7-13(16(21)22)18-15(20)14(17-11(2)19)10-12-8-5-4-6-9-12/h1,4-6,8-9,13-14H,7,10H2,2H3,(H,17,19)(H,18,20)(H,21,22)/t13-,14-/m1/s1. The number of carboxylic acids is 1. The van der Waals surface area contributed by atoms with Crippen molar-refractivity contribution in [2.24, 2.45) is 0 Å². The summed E-state index contributed by atoms with van der Waals surface area (Å²) in [4.78, 5) is 34.5. The summed E-state index contributed by atoms with van der Waals surface area (Å²) in [6.45, 7) is 1.29. The fourth-order valence-corrected chi connectivity index (χ4v) is 1.89. The zero-order valence-electron chi connectivity index (χ0n) is 12.2. The second-order valence-electron chi connectivity index (χ2n) is 4.75. The van der Waals surface area contributed by atoms with Crippen molar-refractivity contribution in [3.05, 3.63) is 35.9 Å². The van der Waals surface area contributed by atoms with Crippen molar-refractivity contribution < 1.29 is 19.5 Å². The molecule has 0 heterocycles. The number of nitrogens with one attached hydrogen (secondary N) is 2. The Morgan fingerprint density at radius 3 is 2.32 bits per heavy atom. The number of hydrogen-bond acceptors (Lipinski definition) is 3. The van der Waals surface area contributed by atoms with Crippen molar-refractivity contribution in [1.29, 1.82) is 0 Å². The molecular formula is C16H18N2O4. The van der Waals surface area contributed by atoms with E-state index in [0.717, 1.165) is 5.56 Å². The average molecular weight is 302 g/mol. The first kappa shape index (κ1) is 17.2. The Labute approximate surface area is 128 Å². The van der Waals surface area contributed by atoms with Gasteiger partial charge >= 0.3 is 5.97 Å². The van der Waals surface area contributed by atoms with Crippen LogP contribution in [0.15, 0.2) is 30.3 Å². The molecule has 0 unspecified atom stereocenters. The molecule has 0 spiro atoms. The van der Waals surface area contributed by atoms with E-state index in [4.69, 9.17) is 11.5 Å². The lowest BCUT2D eigenvalue weighted by Crippen LogP contribution is -2.52. The Balaban J connectivity index is 2.82. The first-order valence-electron chi connectivity index (χ1n) is 6.71. The van der Waals surface area contributed by atoms with Gasteiger partial charge in [0.2, 0.25) is 11.8 Å². The van der Waals surface area contributed by atoms with E-state index in [1.165, 1.54) is 6.92 Å². The van der Waals surface area contributed by atoms with Gasteiger partial charge in [-0.15, -0.1) is 12.3 Å². The molecule has 0 aliphatic carbocycles. The van der Waals surface area contributed by atoms with Crippen LogP contribution in [-0.4, -0.2) is 35.0 Å². The van der Waals surface area contributed by atoms with Gasteiger partial charge in [0.15, 0.2) is 0 Å². The van der Waals surface area contributed by atoms with Crippen LogP contribution in [0.25, 0.3) is 0 Å². The average Bonchev–Trinajstić information content (AvgIpc) is 2.46. The van der Waals surface area contributed by atoms with Crippen LogP contribution in [0.1, 0.15) is 18.9 Å². The maximum Gasteiger partial charge on any atom is 0.327 e. The number of carbonyl (C=O) groups excluding carboxylic acids is 2. The van der Waals surface area contributed by atoms with Crippen molar-refractivity contribution in [3.63, 3.8) is 0 Å². The molecule has 2 atom stereocenters. The van der Waals surface area contributed by atoms with E-state index in [9.17, 15) is 14.4 Å². The molecule has 0 fully saturated rings. The maximum atomic E-state index is 12.2. The molecule has 6 heteroatoms. The number of hydrogen-bond donors (Lipinski definition) is 3. The second kappa shape index (κ2) is 8.47. The van der Waals surface area contributed by atoms with Crippen LogP contribution in [0.2, 0.25) is 0 Å². The van der Waals surface area contributed by atoms with Crippen molar-refractivity contribution in [2.45, 2.75) is 31.8 Å².